The van der Waals surface area contributed by atoms with Crippen molar-refractivity contribution in [2.24, 2.45) is 0 Å². The van der Waals surface area contributed by atoms with Gasteiger partial charge in [0.2, 0.25) is 0 Å². The van der Waals surface area contributed by atoms with Crippen LogP contribution in [0.5, 0.6) is 0 Å². The van der Waals surface area contributed by atoms with Crippen molar-refractivity contribution in [2.75, 3.05) is 6.61 Å². The average molecular weight is 318 g/mol. The van der Waals surface area contributed by atoms with Gasteiger partial charge in [0, 0.05) is 16.1 Å². The summed E-state index contributed by atoms with van der Waals surface area (Å²) in [7, 11) is 0. The van der Waals surface area contributed by atoms with Gasteiger partial charge in [-0.3, -0.25) is 4.79 Å². The first kappa shape index (κ1) is 16.8. The second-order valence-corrected chi connectivity index (χ2v) is 5.19. The van der Waals surface area contributed by atoms with Crippen LogP contribution >= 0.6 is 23.2 Å². The molecule has 0 radical (unpaired) electrons. The Morgan fingerprint density at radius 3 is 2.20 bits per heavy atom. The van der Waals surface area contributed by atoms with Gasteiger partial charge >= 0.3 is 5.97 Å². The molecule has 1 amide bonds. The van der Waals surface area contributed by atoms with Crippen LogP contribution in [0.4, 0.5) is 0 Å². The molecule has 0 aliphatic rings. The number of ether oxygens (including phenoxy) is 1. The van der Waals surface area contributed by atoms with E-state index in [2.05, 4.69) is 5.32 Å². The van der Waals surface area contributed by atoms with Gasteiger partial charge in [-0.05, 0) is 31.0 Å². The average Bonchev–Trinajstić information content (AvgIpc) is 2.41. The van der Waals surface area contributed by atoms with E-state index in [0.29, 0.717) is 10.0 Å². The molecule has 0 atom stereocenters. The molecule has 6 heteroatoms. The molecule has 0 aliphatic heterocycles. The predicted octanol–water partition coefficient (Wildman–Crippen LogP) is 3.46. The molecule has 0 bridgehead atoms. The number of hydrogen-bond acceptors (Lipinski definition) is 3. The fourth-order valence-corrected chi connectivity index (χ4v) is 2.17. The van der Waals surface area contributed by atoms with Crippen LogP contribution in [0.15, 0.2) is 18.2 Å². The van der Waals surface area contributed by atoms with E-state index in [9.17, 15) is 9.59 Å². The van der Waals surface area contributed by atoms with E-state index in [1.165, 1.54) is 18.2 Å². The fourth-order valence-electron chi connectivity index (χ4n) is 1.65. The highest BCUT2D eigenvalue weighted by Gasteiger charge is 2.13. The van der Waals surface area contributed by atoms with Crippen LogP contribution in [0.25, 0.3) is 0 Å². The van der Waals surface area contributed by atoms with E-state index in [1.54, 1.807) is 0 Å². The molecule has 4 nitrogen and oxygen atoms in total. The topological polar surface area (TPSA) is 55.4 Å². The van der Waals surface area contributed by atoms with Crippen molar-refractivity contribution < 1.29 is 14.3 Å². The van der Waals surface area contributed by atoms with Crippen LogP contribution in [0.1, 0.15) is 37.0 Å². The third kappa shape index (κ3) is 5.39. The predicted molar refractivity (Wildman–Crippen MR) is 79.3 cm³/mol. The number of hydrogen-bond donors (Lipinski definition) is 1. The van der Waals surface area contributed by atoms with E-state index in [0.717, 1.165) is 12.8 Å². The maximum atomic E-state index is 11.8. The number of benzene rings is 1. The van der Waals surface area contributed by atoms with Gasteiger partial charge in [-0.1, -0.05) is 37.0 Å². The molecule has 0 saturated carbocycles. The van der Waals surface area contributed by atoms with Gasteiger partial charge in [0.1, 0.15) is 0 Å². The molecule has 1 rings (SSSR count). The molecule has 0 heterocycles. The first-order valence-electron chi connectivity index (χ1n) is 6.38. The molecular weight excluding hydrogens is 301 g/mol. The molecule has 0 aromatic heterocycles. The summed E-state index contributed by atoms with van der Waals surface area (Å²) in [5, 5.41) is 3.46. The highest BCUT2D eigenvalue weighted by molar-refractivity contribution is 6.35. The van der Waals surface area contributed by atoms with Crippen molar-refractivity contribution in [3.63, 3.8) is 0 Å². The molecular formula is C14H17Cl2NO3. The van der Waals surface area contributed by atoms with Crippen molar-refractivity contribution in [1.29, 1.82) is 0 Å². The summed E-state index contributed by atoms with van der Waals surface area (Å²) >= 11 is 11.6. The standard InChI is InChI=1S/C14H17Cl2NO3/c1-3-12(4-2)17-13(18)8-20-14(19)9-5-10(15)7-11(16)6-9/h5-7,12H,3-4,8H2,1-2H3,(H,17,18). The van der Waals surface area contributed by atoms with Crippen molar-refractivity contribution in [2.45, 2.75) is 32.7 Å². The highest BCUT2D eigenvalue weighted by Crippen LogP contribution is 2.19. The maximum Gasteiger partial charge on any atom is 0.338 e. The van der Waals surface area contributed by atoms with E-state index in [1.807, 2.05) is 13.8 Å². The molecule has 110 valence electrons. The van der Waals surface area contributed by atoms with Gasteiger partial charge < -0.3 is 10.1 Å². The summed E-state index contributed by atoms with van der Waals surface area (Å²) in [5.74, 6) is -0.950. The van der Waals surface area contributed by atoms with Crippen LogP contribution in [-0.4, -0.2) is 24.5 Å². The van der Waals surface area contributed by atoms with E-state index >= 15 is 0 Å². The Morgan fingerprint density at radius 2 is 1.70 bits per heavy atom. The SMILES string of the molecule is CCC(CC)NC(=O)COC(=O)c1cc(Cl)cc(Cl)c1. The Balaban J connectivity index is 2.52. The van der Waals surface area contributed by atoms with Crippen LogP contribution in [0, 0.1) is 0 Å². The van der Waals surface area contributed by atoms with Gasteiger partial charge in [-0.15, -0.1) is 0 Å². The molecule has 1 aromatic rings. The Hall–Kier alpha value is -1.26. The summed E-state index contributed by atoms with van der Waals surface area (Å²) in [4.78, 5) is 23.4. The second-order valence-electron chi connectivity index (χ2n) is 4.32. The van der Waals surface area contributed by atoms with Crippen LogP contribution in [-0.2, 0) is 9.53 Å². The number of carbonyl (C=O) groups is 2. The van der Waals surface area contributed by atoms with Crippen molar-refractivity contribution in [1.82, 2.24) is 5.32 Å². The number of rotatable bonds is 6. The largest absolute Gasteiger partial charge is 0.452 e. The molecule has 0 unspecified atom stereocenters. The molecule has 0 saturated heterocycles. The van der Waals surface area contributed by atoms with E-state index < -0.39 is 5.97 Å². The molecule has 20 heavy (non-hydrogen) atoms. The summed E-state index contributed by atoms with van der Waals surface area (Å²) in [6.45, 7) is 3.64. The zero-order valence-corrected chi connectivity index (χ0v) is 12.9. The lowest BCUT2D eigenvalue weighted by Gasteiger charge is -2.14. The minimum absolute atomic E-state index is 0.0989. The third-order valence-corrected chi connectivity index (χ3v) is 3.22. The smallest absolute Gasteiger partial charge is 0.338 e. The zero-order valence-electron chi connectivity index (χ0n) is 11.4. The lowest BCUT2D eigenvalue weighted by molar-refractivity contribution is -0.125. The summed E-state index contributed by atoms with van der Waals surface area (Å²) in [6, 6.07) is 4.49. The third-order valence-electron chi connectivity index (χ3n) is 2.78. The quantitative estimate of drug-likeness (QED) is 0.817. The summed E-state index contributed by atoms with van der Waals surface area (Å²) < 4.78 is 4.92. The molecule has 0 spiro atoms. The maximum absolute atomic E-state index is 11.8. The normalized spacial score (nSPS) is 10.4. The first-order valence-corrected chi connectivity index (χ1v) is 7.14. The van der Waals surface area contributed by atoms with Gasteiger partial charge in [-0.2, -0.15) is 0 Å². The van der Waals surface area contributed by atoms with Gasteiger partial charge in [-0.25, -0.2) is 4.79 Å². The van der Waals surface area contributed by atoms with Crippen molar-refractivity contribution >= 4 is 35.1 Å². The Bertz CT molecular complexity index is 467. The van der Waals surface area contributed by atoms with Gasteiger partial charge in [0.25, 0.3) is 5.91 Å². The van der Waals surface area contributed by atoms with Crippen LogP contribution in [0.2, 0.25) is 10.0 Å². The lowest BCUT2D eigenvalue weighted by Crippen LogP contribution is -2.36. The summed E-state index contributed by atoms with van der Waals surface area (Å²) in [5.41, 5.74) is 0.220. The second kappa shape index (κ2) is 8.12. The minimum Gasteiger partial charge on any atom is -0.452 e. The number of amides is 1. The number of carbonyl (C=O) groups excluding carboxylic acids is 2. The molecule has 0 fully saturated rings. The van der Waals surface area contributed by atoms with Gasteiger partial charge in [0.05, 0.1) is 5.56 Å². The Kier molecular flexibility index (Phi) is 6.82. The van der Waals surface area contributed by atoms with Crippen LogP contribution in [0.3, 0.4) is 0 Å². The fraction of sp³-hybridized carbons (Fsp3) is 0.429. The Morgan fingerprint density at radius 1 is 1.15 bits per heavy atom. The molecule has 0 aliphatic carbocycles. The lowest BCUT2D eigenvalue weighted by atomic mass is 10.2. The zero-order chi connectivity index (χ0) is 15.1. The highest BCUT2D eigenvalue weighted by atomic mass is 35.5. The van der Waals surface area contributed by atoms with Crippen LogP contribution < -0.4 is 5.32 Å². The number of halogens is 2. The van der Waals surface area contributed by atoms with Crippen molar-refractivity contribution in [3.05, 3.63) is 33.8 Å². The number of esters is 1. The monoisotopic (exact) mass is 317 g/mol. The Labute approximate surface area is 128 Å². The first-order chi connectivity index (χ1) is 9.46. The van der Waals surface area contributed by atoms with E-state index in [4.69, 9.17) is 27.9 Å². The minimum atomic E-state index is -0.630. The van der Waals surface area contributed by atoms with Crippen molar-refractivity contribution in [3.8, 4) is 0 Å². The summed E-state index contributed by atoms with van der Waals surface area (Å²) in [6.07, 6.45) is 1.67. The number of nitrogens with one attached hydrogen (secondary N) is 1. The molecule has 1 aromatic carbocycles. The molecule has 1 N–H and O–H groups in total. The van der Waals surface area contributed by atoms with E-state index in [-0.39, 0.29) is 24.1 Å². The van der Waals surface area contributed by atoms with Gasteiger partial charge in [0.15, 0.2) is 6.61 Å².